The van der Waals surface area contributed by atoms with E-state index in [0.717, 1.165) is 25.7 Å². The molecule has 20 heavy (non-hydrogen) atoms. The molecule has 1 aliphatic rings. The number of hydrogen-bond acceptors (Lipinski definition) is 3. The highest BCUT2D eigenvalue weighted by Gasteiger charge is 2.31. The van der Waals surface area contributed by atoms with Gasteiger partial charge in [0.15, 0.2) is 0 Å². The van der Waals surface area contributed by atoms with Gasteiger partial charge in [-0.05, 0) is 25.0 Å². The molecule has 0 amide bonds. The zero-order valence-corrected chi connectivity index (χ0v) is 13.3. The lowest BCUT2D eigenvalue weighted by molar-refractivity contribution is 0.336. The summed E-state index contributed by atoms with van der Waals surface area (Å²) < 4.78 is 26.9. The number of halogens is 1. The highest BCUT2D eigenvalue weighted by molar-refractivity contribution is 7.89. The van der Waals surface area contributed by atoms with Crippen molar-refractivity contribution in [3.8, 4) is 0 Å². The minimum Gasteiger partial charge on any atom is -0.398 e. The second-order valence-corrected chi connectivity index (χ2v) is 7.67. The third-order valence-corrected chi connectivity index (χ3v) is 6.43. The smallest absolute Gasteiger partial charge is 0.246 e. The second kappa shape index (κ2) is 6.33. The second-order valence-electron chi connectivity index (χ2n) is 5.32. The number of nitrogens with two attached hydrogens (primary N) is 1. The summed E-state index contributed by atoms with van der Waals surface area (Å²) in [5, 5.41) is 0.186. The van der Waals surface area contributed by atoms with Gasteiger partial charge in [-0.25, -0.2) is 8.42 Å². The van der Waals surface area contributed by atoms with E-state index in [1.165, 1.54) is 17.1 Å². The van der Waals surface area contributed by atoms with Crippen LogP contribution in [-0.2, 0) is 10.0 Å². The Labute approximate surface area is 126 Å². The molecule has 112 valence electrons. The van der Waals surface area contributed by atoms with Crippen molar-refractivity contribution in [1.82, 2.24) is 4.31 Å². The van der Waals surface area contributed by atoms with E-state index in [-0.39, 0.29) is 21.6 Å². The van der Waals surface area contributed by atoms with Crippen molar-refractivity contribution in [3.63, 3.8) is 0 Å². The van der Waals surface area contributed by atoms with Crippen LogP contribution < -0.4 is 5.73 Å². The highest BCUT2D eigenvalue weighted by Crippen LogP contribution is 2.32. The zero-order valence-electron chi connectivity index (χ0n) is 11.7. The molecule has 0 radical (unpaired) electrons. The van der Waals surface area contributed by atoms with E-state index in [0.29, 0.717) is 0 Å². The molecule has 6 heteroatoms. The molecule has 1 aromatic rings. The van der Waals surface area contributed by atoms with Gasteiger partial charge in [0.25, 0.3) is 0 Å². The van der Waals surface area contributed by atoms with E-state index in [1.54, 1.807) is 25.2 Å². The van der Waals surface area contributed by atoms with Crippen molar-refractivity contribution in [1.29, 1.82) is 0 Å². The van der Waals surface area contributed by atoms with Gasteiger partial charge in [0.2, 0.25) is 10.0 Å². The minimum atomic E-state index is -3.64. The molecule has 0 bridgehead atoms. The first kappa shape index (κ1) is 15.6. The minimum absolute atomic E-state index is 0.0356. The summed E-state index contributed by atoms with van der Waals surface area (Å²) in [6.07, 6.45) is 6.31. The molecule has 0 unspecified atom stereocenters. The molecule has 0 atom stereocenters. The number of sulfonamides is 1. The molecule has 0 saturated heterocycles. The lowest BCUT2D eigenvalue weighted by Gasteiger charge is -2.27. The average molecular weight is 317 g/mol. The first-order valence-corrected chi connectivity index (χ1v) is 8.78. The largest absolute Gasteiger partial charge is 0.398 e. The van der Waals surface area contributed by atoms with Crippen molar-refractivity contribution in [3.05, 3.63) is 23.2 Å². The molecular formula is C14H21ClN2O2S. The first-order valence-electron chi connectivity index (χ1n) is 6.96. The van der Waals surface area contributed by atoms with Crippen molar-refractivity contribution < 1.29 is 8.42 Å². The van der Waals surface area contributed by atoms with E-state index < -0.39 is 10.0 Å². The van der Waals surface area contributed by atoms with Crippen molar-refractivity contribution >= 4 is 27.3 Å². The van der Waals surface area contributed by atoms with Crippen LogP contribution in [-0.4, -0.2) is 25.8 Å². The maximum atomic E-state index is 12.7. The Kier molecular flexibility index (Phi) is 4.94. The van der Waals surface area contributed by atoms with Crippen LogP contribution in [0, 0.1) is 0 Å². The molecule has 4 nitrogen and oxygen atoms in total. The van der Waals surface area contributed by atoms with Crippen molar-refractivity contribution in [2.24, 2.45) is 0 Å². The van der Waals surface area contributed by atoms with Gasteiger partial charge in [-0.15, -0.1) is 0 Å². The summed E-state index contributed by atoms with van der Waals surface area (Å²) >= 11 is 6.04. The number of nitrogens with zero attached hydrogens (tertiary/aromatic N) is 1. The highest BCUT2D eigenvalue weighted by atomic mass is 35.5. The topological polar surface area (TPSA) is 63.4 Å². The van der Waals surface area contributed by atoms with Crippen LogP contribution >= 0.6 is 11.6 Å². The van der Waals surface area contributed by atoms with Gasteiger partial charge < -0.3 is 5.73 Å². The lowest BCUT2D eigenvalue weighted by Crippen LogP contribution is -2.37. The number of anilines is 1. The van der Waals surface area contributed by atoms with Crippen molar-refractivity contribution in [2.45, 2.75) is 49.5 Å². The van der Waals surface area contributed by atoms with Gasteiger partial charge in [0, 0.05) is 13.1 Å². The summed E-state index contributed by atoms with van der Waals surface area (Å²) in [7, 11) is -2.01. The maximum absolute atomic E-state index is 12.7. The normalized spacial score (nSPS) is 18.1. The van der Waals surface area contributed by atoms with Gasteiger partial charge in [0.05, 0.1) is 10.7 Å². The van der Waals surface area contributed by atoms with E-state index in [4.69, 9.17) is 17.3 Å². The van der Waals surface area contributed by atoms with Crippen LogP contribution in [0.1, 0.15) is 38.5 Å². The number of rotatable bonds is 3. The third kappa shape index (κ3) is 3.10. The fourth-order valence-electron chi connectivity index (χ4n) is 2.76. The molecule has 0 heterocycles. The van der Waals surface area contributed by atoms with Crippen LogP contribution in [0.3, 0.4) is 0 Å². The van der Waals surface area contributed by atoms with E-state index in [2.05, 4.69) is 0 Å². The Hall–Kier alpha value is -0.780. The summed E-state index contributed by atoms with van der Waals surface area (Å²) in [5.41, 5.74) is 6.02. The fraction of sp³-hybridized carbons (Fsp3) is 0.571. The van der Waals surface area contributed by atoms with Gasteiger partial charge in [0.1, 0.15) is 4.90 Å². The molecule has 1 fully saturated rings. The van der Waals surface area contributed by atoms with Gasteiger partial charge >= 0.3 is 0 Å². The molecule has 1 aliphatic carbocycles. The lowest BCUT2D eigenvalue weighted by atomic mass is 10.1. The van der Waals surface area contributed by atoms with E-state index >= 15 is 0 Å². The molecule has 2 N–H and O–H groups in total. The number of hydrogen-bond donors (Lipinski definition) is 1. The SMILES string of the molecule is CN(C1CCCCCC1)S(=O)(=O)c1c(N)cccc1Cl. The quantitative estimate of drug-likeness (QED) is 0.687. The Morgan fingerprint density at radius 3 is 2.35 bits per heavy atom. The molecule has 0 aromatic heterocycles. The standard InChI is InChI=1S/C14H21ClN2O2S/c1-17(11-7-4-2-3-5-8-11)20(18,19)14-12(15)9-6-10-13(14)16/h6,9-11H,2-5,7-8,16H2,1H3. The predicted octanol–water partition coefficient (Wildman–Crippen LogP) is 3.27. The molecular weight excluding hydrogens is 296 g/mol. The van der Waals surface area contributed by atoms with Crippen LogP contribution in [0.2, 0.25) is 5.02 Å². The van der Waals surface area contributed by atoms with Crippen LogP contribution in [0.5, 0.6) is 0 Å². The van der Waals surface area contributed by atoms with Crippen LogP contribution in [0.15, 0.2) is 23.1 Å². The summed E-state index contributed by atoms with van der Waals surface area (Å²) in [5.74, 6) is 0. The van der Waals surface area contributed by atoms with Gasteiger partial charge in [-0.3, -0.25) is 0 Å². The molecule has 0 aliphatic heterocycles. The number of benzene rings is 1. The Balaban J connectivity index is 2.34. The maximum Gasteiger partial charge on any atom is 0.246 e. The van der Waals surface area contributed by atoms with Crippen LogP contribution in [0.25, 0.3) is 0 Å². The van der Waals surface area contributed by atoms with Gasteiger partial charge in [-0.1, -0.05) is 43.4 Å². The molecule has 1 saturated carbocycles. The zero-order chi connectivity index (χ0) is 14.8. The summed E-state index contributed by atoms with van der Waals surface area (Å²) in [6.45, 7) is 0. The Bertz CT molecular complexity index is 546. The van der Waals surface area contributed by atoms with E-state index in [9.17, 15) is 8.42 Å². The predicted molar refractivity (Wildman–Crippen MR) is 82.3 cm³/mol. The third-order valence-electron chi connectivity index (χ3n) is 3.97. The van der Waals surface area contributed by atoms with Crippen LogP contribution in [0.4, 0.5) is 5.69 Å². The monoisotopic (exact) mass is 316 g/mol. The molecule has 0 spiro atoms. The molecule has 1 aromatic carbocycles. The summed E-state index contributed by atoms with van der Waals surface area (Å²) in [6, 6.07) is 4.83. The Morgan fingerprint density at radius 2 is 1.80 bits per heavy atom. The average Bonchev–Trinajstić information content (AvgIpc) is 2.66. The fourth-order valence-corrected chi connectivity index (χ4v) is 4.81. The van der Waals surface area contributed by atoms with Crippen molar-refractivity contribution in [2.75, 3.05) is 12.8 Å². The summed E-state index contributed by atoms with van der Waals surface area (Å²) in [4.78, 5) is 0.0356. The first-order chi connectivity index (χ1) is 9.44. The Morgan fingerprint density at radius 1 is 1.20 bits per heavy atom. The number of nitrogen functional groups attached to an aromatic ring is 1. The van der Waals surface area contributed by atoms with Gasteiger partial charge in [-0.2, -0.15) is 4.31 Å². The van der Waals surface area contributed by atoms with E-state index in [1.807, 2.05) is 0 Å². The molecule has 2 rings (SSSR count).